The van der Waals surface area contributed by atoms with Gasteiger partial charge in [0.25, 0.3) is 0 Å². The van der Waals surface area contributed by atoms with Gasteiger partial charge >= 0.3 is 0 Å². The van der Waals surface area contributed by atoms with E-state index >= 15 is 0 Å². The number of aryl methyl sites for hydroxylation is 1. The minimum absolute atomic E-state index is 0.00122. The van der Waals surface area contributed by atoms with Crippen molar-refractivity contribution < 1.29 is 9.53 Å². The number of hydrogen-bond acceptors (Lipinski definition) is 3. The number of halogens is 1. The summed E-state index contributed by atoms with van der Waals surface area (Å²) in [4.78, 5) is 11.8. The first-order valence-electron chi connectivity index (χ1n) is 7.88. The highest BCUT2D eigenvalue weighted by Crippen LogP contribution is 2.26. The molecule has 0 spiro atoms. The van der Waals surface area contributed by atoms with Gasteiger partial charge in [-0.2, -0.15) is 0 Å². The zero-order valence-electron chi connectivity index (χ0n) is 14.4. The number of anilines is 2. The van der Waals surface area contributed by atoms with Crippen molar-refractivity contribution in [1.29, 1.82) is 0 Å². The highest BCUT2D eigenvalue weighted by Gasteiger charge is 2.09. The zero-order valence-corrected chi connectivity index (χ0v) is 15.2. The molecule has 0 aromatic heterocycles. The van der Waals surface area contributed by atoms with Crippen molar-refractivity contribution in [3.8, 4) is 5.75 Å². The van der Waals surface area contributed by atoms with Crippen LogP contribution in [0.15, 0.2) is 36.4 Å². The number of carbonyl (C=O) groups is 1. The highest BCUT2D eigenvalue weighted by atomic mass is 35.5. The second kappa shape index (κ2) is 8.06. The summed E-state index contributed by atoms with van der Waals surface area (Å²) in [5, 5.41) is 6.97. The summed E-state index contributed by atoms with van der Waals surface area (Å²) in [6.07, 6.45) is 0. The standard InChI is InChI=1S/C19H23ClN2O2/c1-12(2)19(23)22-16-7-5-13(3)17(10-16)21-11-14-9-15(20)6-8-18(14)24-4/h5-10,12,21H,11H2,1-4H3,(H,22,23). The van der Waals surface area contributed by atoms with Gasteiger partial charge in [-0.1, -0.05) is 31.5 Å². The molecule has 2 rings (SSSR count). The van der Waals surface area contributed by atoms with Crippen molar-refractivity contribution >= 4 is 28.9 Å². The molecule has 24 heavy (non-hydrogen) atoms. The summed E-state index contributed by atoms with van der Waals surface area (Å²) in [7, 11) is 1.64. The lowest BCUT2D eigenvalue weighted by Gasteiger charge is -2.15. The minimum atomic E-state index is -0.0570. The lowest BCUT2D eigenvalue weighted by atomic mass is 10.1. The van der Waals surface area contributed by atoms with Gasteiger partial charge in [0.1, 0.15) is 5.75 Å². The lowest BCUT2D eigenvalue weighted by molar-refractivity contribution is -0.118. The average Bonchev–Trinajstić information content (AvgIpc) is 2.55. The van der Waals surface area contributed by atoms with Gasteiger partial charge in [0.05, 0.1) is 7.11 Å². The maximum Gasteiger partial charge on any atom is 0.226 e. The van der Waals surface area contributed by atoms with Gasteiger partial charge in [-0.3, -0.25) is 4.79 Å². The van der Waals surface area contributed by atoms with E-state index in [4.69, 9.17) is 16.3 Å². The summed E-state index contributed by atoms with van der Waals surface area (Å²) in [6.45, 7) is 6.33. The van der Waals surface area contributed by atoms with Crippen LogP contribution in [0.3, 0.4) is 0 Å². The Balaban J connectivity index is 2.15. The third-order valence-electron chi connectivity index (χ3n) is 3.74. The van der Waals surface area contributed by atoms with Crippen LogP contribution < -0.4 is 15.4 Å². The van der Waals surface area contributed by atoms with Crippen LogP contribution in [0.25, 0.3) is 0 Å². The number of hydrogen-bond donors (Lipinski definition) is 2. The SMILES string of the molecule is COc1ccc(Cl)cc1CNc1cc(NC(=O)C(C)C)ccc1C. The number of rotatable bonds is 6. The fourth-order valence-electron chi connectivity index (χ4n) is 2.25. The maximum absolute atomic E-state index is 11.8. The molecule has 0 aliphatic rings. The molecule has 2 aromatic rings. The molecule has 1 amide bonds. The molecule has 0 unspecified atom stereocenters. The number of benzene rings is 2. The third-order valence-corrected chi connectivity index (χ3v) is 3.98. The molecule has 128 valence electrons. The molecule has 0 fully saturated rings. The Hall–Kier alpha value is -2.20. The van der Waals surface area contributed by atoms with Crippen LogP contribution in [0.4, 0.5) is 11.4 Å². The van der Waals surface area contributed by atoms with Gasteiger partial charge in [-0.25, -0.2) is 0 Å². The van der Waals surface area contributed by atoms with E-state index in [1.54, 1.807) is 13.2 Å². The molecular weight excluding hydrogens is 324 g/mol. The third kappa shape index (κ3) is 4.65. The first-order valence-corrected chi connectivity index (χ1v) is 8.26. The smallest absolute Gasteiger partial charge is 0.226 e. The van der Waals surface area contributed by atoms with Crippen molar-refractivity contribution in [2.24, 2.45) is 5.92 Å². The van der Waals surface area contributed by atoms with Crippen LogP contribution in [0, 0.1) is 12.8 Å². The average molecular weight is 347 g/mol. The van der Waals surface area contributed by atoms with Crippen molar-refractivity contribution in [1.82, 2.24) is 0 Å². The van der Waals surface area contributed by atoms with Crippen LogP contribution in [-0.4, -0.2) is 13.0 Å². The molecular formula is C19H23ClN2O2. The number of nitrogens with one attached hydrogen (secondary N) is 2. The van der Waals surface area contributed by atoms with Crippen LogP contribution in [-0.2, 0) is 11.3 Å². The Bertz CT molecular complexity index is 729. The van der Waals surface area contributed by atoms with Gasteiger partial charge in [0.2, 0.25) is 5.91 Å². The second-order valence-electron chi connectivity index (χ2n) is 5.98. The fourth-order valence-corrected chi connectivity index (χ4v) is 2.45. The van der Waals surface area contributed by atoms with E-state index in [0.717, 1.165) is 28.3 Å². The summed E-state index contributed by atoms with van der Waals surface area (Å²) >= 11 is 6.07. The van der Waals surface area contributed by atoms with E-state index in [-0.39, 0.29) is 11.8 Å². The molecule has 0 aliphatic carbocycles. The molecule has 5 heteroatoms. The first kappa shape index (κ1) is 18.1. The highest BCUT2D eigenvalue weighted by molar-refractivity contribution is 6.30. The quantitative estimate of drug-likeness (QED) is 0.785. The summed E-state index contributed by atoms with van der Waals surface area (Å²) in [5.41, 5.74) is 3.80. The predicted octanol–water partition coefficient (Wildman–Crippen LogP) is 4.86. The molecule has 2 aromatic carbocycles. The van der Waals surface area contributed by atoms with Crippen LogP contribution in [0.1, 0.15) is 25.0 Å². The molecule has 0 saturated heterocycles. The second-order valence-corrected chi connectivity index (χ2v) is 6.42. The maximum atomic E-state index is 11.8. The van der Waals surface area contributed by atoms with Gasteiger partial charge in [0, 0.05) is 34.4 Å². The summed E-state index contributed by atoms with van der Waals surface area (Å²) in [6, 6.07) is 11.4. The van der Waals surface area contributed by atoms with E-state index in [1.807, 2.05) is 51.1 Å². The van der Waals surface area contributed by atoms with E-state index in [0.29, 0.717) is 11.6 Å². The Morgan fingerprint density at radius 1 is 1.21 bits per heavy atom. The van der Waals surface area contributed by atoms with E-state index in [2.05, 4.69) is 10.6 Å². The molecule has 2 N–H and O–H groups in total. The molecule has 0 heterocycles. The van der Waals surface area contributed by atoms with Gasteiger partial charge < -0.3 is 15.4 Å². The molecule has 0 atom stereocenters. The Kier molecular flexibility index (Phi) is 6.10. The van der Waals surface area contributed by atoms with Crippen LogP contribution >= 0.6 is 11.6 Å². The van der Waals surface area contributed by atoms with Crippen molar-refractivity contribution in [3.63, 3.8) is 0 Å². The van der Waals surface area contributed by atoms with Crippen molar-refractivity contribution in [3.05, 3.63) is 52.5 Å². The normalized spacial score (nSPS) is 10.6. The van der Waals surface area contributed by atoms with E-state index in [1.165, 1.54) is 0 Å². The Morgan fingerprint density at radius 2 is 1.96 bits per heavy atom. The van der Waals surface area contributed by atoms with Crippen LogP contribution in [0.5, 0.6) is 5.75 Å². The first-order chi connectivity index (χ1) is 11.4. The molecule has 0 bridgehead atoms. The van der Waals surface area contributed by atoms with Gasteiger partial charge in [-0.15, -0.1) is 0 Å². The fraction of sp³-hybridized carbons (Fsp3) is 0.316. The van der Waals surface area contributed by atoms with Gasteiger partial charge in [-0.05, 0) is 42.8 Å². The number of methoxy groups -OCH3 is 1. The van der Waals surface area contributed by atoms with Crippen molar-refractivity contribution in [2.45, 2.75) is 27.3 Å². The van der Waals surface area contributed by atoms with E-state index in [9.17, 15) is 4.79 Å². The lowest BCUT2D eigenvalue weighted by Crippen LogP contribution is -2.17. The molecule has 0 saturated carbocycles. The largest absolute Gasteiger partial charge is 0.496 e. The van der Waals surface area contributed by atoms with Gasteiger partial charge in [0.15, 0.2) is 0 Å². The number of amides is 1. The molecule has 0 aliphatic heterocycles. The number of carbonyl (C=O) groups excluding carboxylic acids is 1. The predicted molar refractivity (Wildman–Crippen MR) is 100.0 cm³/mol. The minimum Gasteiger partial charge on any atom is -0.496 e. The zero-order chi connectivity index (χ0) is 17.7. The van der Waals surface area contributed by atoms with Crippen LogP contribution in [0.2, 0.25) is 5.02 Å². The topological polar surface area (TPSA) is 50.4 Å². The number of ether oxygens (including phenoxy) is 1. The Morgan fingerprint density at radius 3 is 2.62 bits per heavy atom. The summed E-state index contributed by atoms with van der Waals surface area (Å²) in [5.74, 6) is 0.730. The molecule has 4 nitrogen and oxygen atoms in total. The van der Waals surface area contributed by atoms with E-state index < -0.39 is 0 Å². The summed E-state index contributed by atoms with van der Waals surface area (Å²) < 4.78 is 5.37. The monoisotopic (exact) mass is 346 g/mol. The Labute approximate surface area is 148 Å². The van der Waals surface area contributed by atoms with Crippen molar-refractivity contribution in [2.75, 3.05) is 17.7 Å². The molecule has 0 radical (unpaired) electrons.